The fourth-order valence-corrected chi connectivity index (χ4v) is 3.10. The number of nitrogens with one attached hydrogen (secondary N) is 1. The van der Waals surface area contributed by atoms with Crippen LogP contribution >= 0.6 is 24.8 Å². The molecular formula is C16H22Cl2FN3O. The van der Waals surface area contributed by atoms with Gasteiger partial charge in [-0.1, -0.05) is 18.2 Å². The van der Waals surface area contributed by atoms with Gasteiger partial charge in [-0.3, -0.25) is 14.3 Å². The van der Waals surface area contributed by atoms with E-state index in [1.165, 1.54) is 6.92 Å². The topological polar surface area (TPSA) is 37.3 Å². The lowest BCUT2D eigenvalue weighted by Crippen LogP contribution is -2.45. The Hall–Kier alpha value is -1.14. The fourth-order valence-electron chi connectivity index (χ4n) is 3.10. The lowest BCUT2D eigenvalue weighted by Gasteiger charge is -2.33. The van der Waals surface area contributed by atoms with E-state index in [1.807, 2.05) is 24.3 Å². The number of hydrogen-bond donors (Lipinski definition) is 1. The maximum Gasteiger partial charge on any atom is 0.227 e. The van der Waals surface area contributed by atoms with Crippen LogP contribution in [0.1, 0.15) is 23.3 Å². The predicted octanol–water partition coefficient (Wildman–Crippen LogP) is 3.06. The number of piperazine rings is 1. The molecule has 0 amide bonds. The van der Waals surface area contributed by atoms with Crippen molar-refractivity contribution < 1.29 is 9.18 Å². The van der Waals surface area contributed by atoms with Gasteiger partial charge in [0.05, 0.1) is 11.6 Å². The minimum absolute atomic E-state index is 0. The number of carbonyl (C=O) groups is 1. The molecule has 3 rings (SSSR count). The molecular weight excluding hydrogens is 340 g/mol. The van der Waals surface area contributed by atoms with Gasteiger partial charge in [-0.05, 0) is 11.6 Å². The first-order valence-electron chi connectivity index (χ1n) is 7.34. The van der Waals surface area contributed by atoms with Crippen molar-refractivity contribution in [3.05, 3.63) is 36.0 Å². The lowest BCUT2D eigenvalue weighted by molar-refractivity contribution is 0.0940. The molecule has 128 valence electrons. The number of para-hydroxylation sites is 1. The first-order valence-corrected chi connectivity index (χ1v) is 7.34. The number of hydrogen-bond acceptors (Lipinski definition) is 3. The lowest BCUT2D eigenvalue weighted by atomic mass is 10.0. The van der Waals surface area contributed by atoms with E-state index in [9.17, 15) is 9.18 Å². The van der Waals surface area contributed by atoms with Crippen LogP contribution in [0.2, 0.25) is 0 Å². The summed E-state index contributed by atoms with van der Waals surface area (Å²) in [5, 5.41) is 4.25. The summed E-state index contributed by atoms with van der Waals surface area (Å²) in [4.78, 5) is 14.0. The van der Waals surface area contributed by atoms with Gasteiger partial charge in [-0.2, -0.15) is 0 Å². The Kier molecular flexibility index (Phi) is 7.48. The number of carbonyl (C=O) groups excluding carboxylic acids is 1. The third-order valence-corrected chi connectivity index (χ3v) is 4.18. The third-order valence-electron chi connectivity index (χ3n) is 4.18. The SMILES string of the molecule is CC(=O)n1cc([C@@H](CF)N2CCNCC2)c2ccccc21.Cl.Cl. The van der Waals surface area contributed by atoms with Crippen LogP contribution in [0.3, 0.4) is 0 Å². The van der Waals surface area contributed by atoms with Gasteiger partial charge in [0.15, 0.2) is 0 Å². The van der Waals surface area contributed by atoms with Crippen LogP contribution in [0.25, 0.3) is 10.9 Å². The first-order chi connectivity index (χ1) is 10.2. The van der Waals surface area contributed by atoms with Gasteiger partial charge in [-0.25, -0.2) is 4.39 Å². The summed E-state index contributed by atoms with van der Waals surface area (Å²) in [7, 11) is 0. The van der Waals surface area contributed by atoms with Crippen molar-refractivity contribution in [1.29, 1.82) is 0 Å². The largest absolute Gasteiger partial charge is 0.314 e. The van der Waals surface area contributed by atoms with Crippen molar-refractivity contribution in [2.75, 3.05) is 32.9 Å². The number of aromatic nitrogens is 1. The van der Waals surface area contributed by atoms with Gasteiger partial charge in [0.2, 0.25) is 5.91 Å². The molecule has 0 bridgehead atoms. The van der Waals surface area contributed by atoms with E-state index in [2.05, 4.69) is 10.2 Å². The molecule has 0 aliphatic carbocycles. The van der Waals surface area contributed by atoms with E-state index in [4.69, 9.17) is 0 Å². The molecule has 1 aromatic heterocycles. The summed E-state index contributed by atoms with van der Waals surface area (Å²) in [6, 6.07) is 7.43. The zero-order chi connectivity index (χ0) is 14.8. The van der Waals surface area contributed by atoms with E-state index in [1.54, 1.807) is 10.8 Å². The molecule has 1 aliphatic rings. The average molecular weight is 362 g/mol. The Morgan fingerprint density at radius 3 is 2.52 bits per heavy atom. The second kappa shape index (κ2) is 8.64. The normalized spacial score (nSPS) is 16.4. The highest BCUT2D eigenvalue weighted by molar-refractivity contribution is 5.93. The fraction of sp³-hybridized carbons (Fsp3) is 0.438. The van der Waals surface area contributed by atoms with Crippen LogP contribution in [0.4, 0.5) is 4.39 Å². The van der Waals surface area contributed by atoms with Crippen molar-refractivity contribution in [2.24, 2.45) is 0 Å². The molecule has 1 saturated heterocycles. The summed E-state index contributed by atoms with van der Waals surface area (Å²) in [6.45, 7) is 4.50. The molecule has 1 N–H and O–H groups in total. The molecule has 1 atom stereocenters. The van der Waals surface area contributed by atoms with E-state index in [0.29, 0.717) is 0 Å². The molecule has 2 heterocycles. The van der Waals surface area contributed by atoms with Crippen LogP contribution < -0.4 is 5.32 Å². The Morgan fingerprint density at radius 1 is 1.26 bits per heavy atom. The summed E-state index contributed by atoms with van der Waals surface area (Å²) < 4.78 is 15.3. The summed E-state index contributed by atoms with van der Waals surface area (Å²) in [5.41, 5.74) is 1.76. The maximum absolute atomic E-state index is 13.7. The summed E-state index contributed by atoms with van der Waals surface area (Å²) in [5.74, 6) is -0.0460. The number of nitrogens with zero attached hydrogens (tertiary/aromatic N) is 2. The molecule has 0 spiro atoms. The Labute approximate surface area is 147 Å². The molecule has 0 saturated carbocycles. The van der Waals surface area contributed by atoms with Gasteiger partial charge in [0, 0.05) is 44.7 Å². The van der Waals surface area contributed by atoms with Gasteiger partial charge in [0.25, 0.3) is 0 Å². The van der Waals surface area contributed by atoms with Crippen LogP contribution in [0.5, 0.6) is 0 Å². The van der Waals surface area contributed by atoms with Crippen molar-refractivity contribution >= 4 is 41.6 Å². The number of fused-ring (bicyclic) bond motifs is 1. The molecule has 0 unspecified atom stereocenters. The molecule has 23 heavy (non-hydrogen) atoms. The van der Waals surface area contributed by atoms with E-state index in [-0.39, 0.29) is 36.8 Å². The Balaban J connectivity index is 0.00000132. The first kappa shape index (κ1) is 19.9. The maximum atomic E-state index is 13.7. The summed E-state index contributed by atoms with van der Waals surface area (Å²) >= 11 is 0. The van der Waals surface area contributed by atoms with E-state index < -0.39 is 6.67 Å². The number of rotatable bonds is 3. The quantitative estimate of drug-likeness (QED) is 0.912. The van der Waals surface area contributed by atoms with Crippen molar-refractivity contribution in [3.8, 4) is 0 Å². The van der Waals surface area contributed by atoms with E-state index >= 15 is 0 Å². The van der Waals surface area contributed by atoms with E-state index in [0.717, 1.165) is 42.6 Å². The zero-order valence-corrected chi connectivity index (χ0v) is 14.6. The number of halogens is 3. The van der Waals surface area contributed by atoms with Gasteiger partial charge in [-0.15, -0.1) is 24.8 Å². The van der Waals surface area contributed by atoms with Crippen LogP contribution in [0.15, 0.2) is 30.5 Å². The van der Waals surface area contributed by atoms with Gasteiger partial charge < -0.3 is 5.32 Å². The molecule has 1 aliphatic heterocycles. The predicted molar refractivity (Wildman–Crippen MR) is 95.9 cm³/mol. The highest BCUT2D eigenvalue weighted by Gasteiger charge is 2.25. The average Bonchev–Trinajstić information content (AvgIpc) is 2.89. The Morgan fingerprint density at radius 2 is 1.91 bits per heavy atom. The summed E-state index contributed by atoms with van der Waals surface area (Å²) in [6.07, 6.45) is 1.80. The third kappa shape index (κ3) is 3.86. The van der Waals surface area contributed by atoms with Crippen LogP contribution in [0, 0.1) is 0 Å². The molecule has 1 fully saturated rings. The van der Waals surface area contributed by atoms with Crippen LogP contribution in [-0.4, -0.2) is 48.2 Å². The van der Waals surface area contributed by atoms with Crippen molar-refractivity contribution in [1.82, 2.24) is 14.8 Å². The minimum atomic E-state index is -0.439. The second-order valence-corrected chi connectivity index (χ2v) is 5.45. The van der Waals surface area contributed by atoms with Crippen molar-refractivity contribution in [2.45, 2.75) is 13.0 Å². The van der Waals surface area contributed by atoms with Gasteiger partial charge in [0.1, 0.15) is 6.67 Å². The number of alkyl halides is 1. The number of benzene rings is 1. The highest BCUT2D eigenvalue weighted by Crippen LogP contribution is 2.30. The smallest absolute Gasteiger partial charge is 0.227 e. The minimum Gasteiger partial charge on any atom is -0.314 e. The van der Waals surface area contributed by atoms with Crippen molar-refractivity contribution in [3.63, 3.8) is 0 Å². The standard InChI is InChI=1S/C16H20FN3O.2ClH/c1-12(21)20-11-14(13-4-2-3-5-15(13)20)16(10-17)19-8-6-18-7-9-19;;/h2-5,11,16,18H,6-10H2,1H3;2*1H/t16-;;/m1../s1. The monoisotopic (exact) mass is 361 g/mol. The molecule has 7 heteroatoms. The molecule has 0 radical (unpaired) electrons. The zero-order valence-electron chi connectivity index (χ0n) is 13.0. The Bertz CT molecular complexity index is 656. The highest BCUT2D eigenvalue weighted by atomic mass is 35.5. The molecule has 4 nitrogen and oxygen atoms in total. The van der Waals surface area contributed by atoms with Crippen LogP contribution in [-0.2, 0) is 0 Å². The van der Waals surface area contributed by atoms with Gasteiger partial charge >= 0.3 is 0 Å². The molecule has 1 aromatic carbocycles. The molecule has 2 aromatic rings. The second-order valence-electron chi connectivity index (χ2n) is 5.45.